The van der Waals surface area contributed by atoms with Gasteiger partial charge < -0.3 is 0 Å². The van der Waals surface area contributed by atoms with Crippen molar-refractivity contribution in [1.29, 1.82) is 0 Å². The summed E-state index contributed by atoms with van der Waals surface area (Å²) in [6.07, 6.45) is 0. The van der Waals surface area contributed by atoms with Crippen LogP contribution in [0.4, 0.5) is 5.69 Å². The molecular formula is C14H17N3O2. The SMILES string of the molecule is CC(=O)N(C(C)=O)C1=NN(c2ccccc2)CC1C. The Morgan fingerprint density at radius 2 is 1.79 bits per heavy atom. The molecular weight excluding hydrogens is 242 g/mol. The smallest absolute Gasteiger partial charge is 0.231 e. The number of carbonyl (C=O) groups is 2. The molecule has 1 aliphatic heterocycles. The minimum atomic E-state index is -0.298. The normalized spacial score (nSPS) is 18.2. The molecule has 0 saturated carbocycles. The number of rotatable bonds is 1. The Kier molecular flexibility index (Phi) is 3.64. The van der Waals surface area contributed by atoms with Crippen molar-refractivity contribution >= 4 is 23.3 Å². The minimum absolute atomic E-state index is 0.0352. The van der Waals surface area contributed by atoms with Crippen molar-refractivity contribution in [3.8, 4) is 0 Å². The summed E-state index contributed by atoms with van der Waals surface area (Å²) in [7, 11) is 0. The van der Waals surface area contributed by atoms with Gasteiger partial charge in [-0.1, -0.05) is 25.1 Å². The van der Waals surface area contributed by atoms with Crippen LogP contribution in [0.25, 0.3) is 0 Å². The number of carbonyl (C=O) groups excluding carboxylic acids is 2. The molecule has 1 aliphatic rings. The zero-order valence-electron chi connectivity index (χ0n) is 11.3. The molecule has 1 atom stereocenters. The summed E-state index contributed by atoms with van der Waals surface area (Å²) in [5.74, 6) is -0.0436. The van der Waals surface area contributed by atoms with Crippen LogP contribution in [-0.4, -0.2) is 29.1 Å². The molecule has 19 heavy (non-hydrogen) atoms. The first-order valence-electron chi connectivity index (χ1n) is 6.23. The summed E-state index contributed by atoms with van der Waals surface area (Å²) in [4.78, 5) is 24.3. The van der Waals surface area contributed by atoms with Crippen LogP contribution in [0, 0.1) is 5.92 Å². The number of amidine groups is 1. The highest BCUT2D eigenvalue weighted by Gasteiger charge is 2.32. The summed E-state index contributed by atoms with van der Waals surface area (Å²) in [6.45, 7) is 5.38. The number of nitrogens with zero attached hydrogens (tertiary/aromatic N) is 3. The Balaban J connectivity index is 2.31. The van der Waals surface area contributed by atoms with E-state index in [4.69, 9.17) is 0 Å². The van der Waals surface area contributed by atoms with E-state index in [1.54, 1.807) is 0 Å². The van der Waals surface area contributed by atoms with E-state index in [1.807, 2.05) is 42.3 Å². The average Bonchev–Trinajstić information content (AvgIpc) is 2.72. The van der Waals surface area contributed by atoms with E-state index >= 15 is 0 Å². The molecule has 1 heterocycles. The van der Waals surface area contributed by atoms with Gasteiger partial charge >= 0.3 is 0 Å². The molecule has 2 rings (SSSR count). The van der Waals surface area contributed by atoms with Crippen LogP contribution in [0.2, 0.25) is 0 Å². The van der Waals surface area contributed by atoms with Gasteiger partial charge in [-0.3, -0.25) is 14.6 Å². The van der Waals surface area contributed by atoms with E-state index in [9.17, 15) is 9.59 Å². The molecule has 0 fully saturated rings. The molecule has 0 radical (unpaired) electrons. The quantitative estimate of drug-likeness (QED) is 0.773. The summed E-state index contributed by atoms with van der Waals surface area (Å²) in [5, 5.41) is 6.23. The zero-order valence-corrected chi connectivity index (χ0v) is 11.3. The van der Waals surface area contributed by atoms with Crippen molar-refractivity contribution in [3.05, 3.63) is 30.3 Å². The van der Waals surface area contributed by atoms with Crippen molar-refractivity contribution in [3.63, 3.8) is 0 Å². The topological polar surface area (TPSA) is 53.0 Å². The van der Waals surface area contributed by atoms with E-state index in [0.717, 1.165) is 10.6 Å². The van der Waals surface area contributed by atoms with Gasteiger partial charge in [0.05, 0.1) is 12.2 Å². The lowest BCUT2D eigenvalue weighted by atomic mass is 10.1. The Bertz CT molecular complexity index is 511. The van der Waals surface area contributed by atoms with Crippen molar-refractivity contribution < 1.29 is 9.59 Å². The lowest BCUT2D eigenvalue weighted by Gasteiger charge is -2.18. The van der Waals surface area contributed by atoms with Gasteiger partial charge in [0.15, 0.2) is 0 Å². The van der Waals surface area contributed by atoms with E-state index in [1.165, 1.54) is 13.8 Å². The average molecular weight is 259 g/mol. The van der Waals surface area contributed by atoms with Crippen LogP contribution in [0.3, 0.4) is 0 Å². The van der Waals surface area contributed by atoms with Crippen LogP contribution in [0.15, 0.2) is 35.4 Å². The molecule has 5 heteroatoms. The van der Waals surface area contributed by atoms with Crippen LogP contribution in [-0.2, 0) is 9.59 Å². The molecule has 0 spiro atoms. The number of hydrogen-bond acceptors (Lipinski definition) is 4. The largest absolute Gasteiger partial charge is 0.274 e. The summed E-state index contributed by atoms with van der Waals surface area (Å²) in [6, 6.07) is 9.70. The second kappa shape index (κ2) is 5.22. The molecule has 0 N–H and O–H groups in total. The number of amides is 2. The predicted octanol–water partition coefficient (Wildman–Crippen LogP) is 1.85. The molecule has 100 valence electrons. The van der Waals surface area contributed by atoms with E-state index in [2.05, 4.69) is 5.10 Å². The fourth-order valence-electron chi connectivity index (χ4n) is 2.18. The standard InChI is InChI=1S/C14H17N3O2/c1-10-9-16(13-7-5-4-6-8-13)15-14(10)17(11(2)18)12(3)19/h4-8,10H,9H2,1-3H3. The summed E-state index contributed by atoms with van der Waals surface area (Å²) < 4.78 is 0. The first-order chi connectivity index (χ1) is 9.00. The maximum absolute atomic E-state index is 11.6. The first-order valence-corrected chi connectivity index (χ1v) is 6.23. The summed E-state index contributed by atoms with van der Waals surface area (Å²) >= 11 is 0. The number of hydrogen-bond donors (Lipinski definition) is 0. The van der Waals surface area contributed by atoms with Gasteiger partial charge in [0.2, 0.25) is 11.8 Å². The number of anilines is 1. The zero-order chi connectivity index (χ0) is 14.0. The lowest BCUT2D eigenvalue weighted by molar-refractivity contribution is -0.137. The van der Waals surface area contributed by atoms with Gasteiger partial charge in [0.25, 0.3) is 0 Å². The second-order valence-corrected chi connectivity index (χ2v) is 4.65. The van der Waals surface area contributed by atoms with Gasteiger partial charge in [-0.2, -0.15) is 5.10 Å². The van der Waals surface area contributed by atoms with Gasteiger partial charge in [-0.25, -0.2) is 4.90 Å². The van der Waals surface area contributed by atoms with Crippen LogP contribution in [0.1, 0.15) is 20.8 Å². The van der Waals surface area contributed by atoms with Crippen molar-refractivity contribution in [2.45, 2.75) is 20.8 Å². The van der Waals surface area contributed by atoms with Gasteiger partial charge in [0, 0.05) is 19.8 Å². The Hall–Kier alpha value is -2.17. The van der Waals surface area contributed by atoms with Crippen molar-refractivity contribution in [2.24, 2.45) is 11.0 Å². The fraction of sp³-hybridized carbons (Fsp3) is 0.357. The minimum Gasteiger partial charge on any atom is -0.274 e. The molecule has 0 aromatic heterocycles. The highest BCUT2D eigenvalue weighted by molar-refractivity contribution is 6.12. The van der Waals surface area contributed by atoms with Crippen LogP contribution >= 0.6 is 0 Å². The molecule has 1 aromatic carbocycles. The van der Waals surface area contributed by atoms with Gasteiger partial charge in [0.1, 0.15) is 5.84 Å². The van der Waals surface area contributed by atoms with E-state index < -0.39 is 0 Å². The highest BCUT2D eigenvalue weighted by atomic mass is 16.2. The molecule has 5 nitrogen and oxygen atoms in total. The maximum Gasteiger partial charge on any atom is 0.231 e. The number of benzene rings is 1. The second-order valence-electron chi connectivity index (χ2n) is 4.65. The lowest BCUT2D eigenvalue weighted by Crippen LogP contribution is -2.41. The third kappa shape index (κ3) is 2.65. The molecule has 0 aliphatic carbocycles. The van der Waals surface area contributed by atoms with Crippen molar-refractivity contribution in [1.82, 2.24) is 4.90 Å². The molecule has 1 aromatic rings. The number of para-hydroxylation sites is 1. The first kappa shape index (κ1) is 13.3. The van der Waals surface area contributed by atoms with Crippen LogP contribution < -0.4 is 5.01 Å². The monoisotopic (exact) mass is 259 g/mol. The Morgan fingerprint density at radius 1 is 1.21 bits per heavy atom. The molecule has 2 amide bonds. The Labute approximate surface area is 112 Å². The third-order valence-electron chi connectivity index (χ3n) is 3.02. The van der Waals surface area contributed by atoms with Gasteiger partial charge in [-0.15, -0.1) is 0 Å². The van der Waals surface area contributed by atoms with E-state index in [0.29, 0.717) is 12.4 Å². The maximum atomic E-state index is 11.6. The Morgan fingerprint density at radius 3 is 2.32 bits per heavy atom. The highest BCUT2D eigenvalue weighted by Crippen LogP contribution is 2.23. The molecule has 1 unspecified atom stereocenters. The third-order valence-corrected chi connectivity index (χ3v) is 3.02. The van der Waals surface area contributed by atoms with E-state index in [-0.39, 0.29) is 17.7 Å². The fourth-order valence-corrected chi connectivity index (χ4v) is 2.18. The molecule has 0 saturated heterocycles. The molecule has 0 bridgehead atoms. The summed E-state index contributed by atoms with van der Waals surface area (Å²) in [5.41, 5.74) is 0.955. The number of imide groups is 1. The predicted molar refractivity (Wildman–Crippen MR) is 73.6 cm³/mol. The van der Waals surface area contributed by atoms with Crippen LogP contribution in [0.5, 0.6) is 0 Å². The van der Waals surface area contributed by atoms with Crippen molar-refractivity contribution in [2.75, 3.05) is 11.6 Å². The van der Waals surface area contributed by atoms with Gasteiger partial charge in [-0.05, 0) is 12.1 Å². The number of hydrazone groups is 1.